The lowest BCUT2D eigenvalue weighted by atomic mass is 9.84. The van der Waals surface area contributed by atoms with E-state index in [0.717, 1.165) is 18.4 Å². The van der Waals surface area contributed by atoms with Gasteiger partial charge in [0.05, 0.1) is 0 Å². The van der Waals surface area contributed by atoms with Gasteiger partial charge >= 0.3 is 5.97 Å². The van der Waals surface area contributed by atoms with Gasteiger partial charge in [-0.2, -0.15) is 0 Å². The number of carbonyl (C=O) groups excluding carboxylic acids is 2. The van der Waals surface area contributed by atoms with Crippen LogP contribution in [0.2, 0.25) is 0 Å². The highest BCUT2D eigenvalue weighted by Crippen LogP contribution is 2.33. The second kappa shape index (κ2) is 8.73. The van der Waals surface area contributed by atoms with Crippen molar-refractivity contribution >= 4 is 11.8 Å². The minimum Gasteiger partial charge on any atom is -0.511 e. The lowest BCUT2D eigenvalue weighted by Gasteiger charge is -2.22. The van der Waals surface area contributed by atoms with Crippen molar-refractivity contribution in [2.75, 3.05) is 0 Å². The molecule has 2 fully saturated rings. The third-order valence-electron chi connectivity index (χ3n) is 6.35. The molecule has 2 aliphatic rings. The number of cyclic esters (lactones) is 1. The van der Waals surface area contributed by atoms with E-state index in [9.17, 15) is 14.7 Å². The van der Waals surface area contributed by atoms with Crippen LogP contribution in [0, 0.1) is 11.8 Å². The molecule has 0 radical (unpaired) electrons. The first-order valence-corrected chi connectivity index (χ1v) is 10.9. The summed E-state index contributed by atoms with van der Waals surface area (Å²) in [5, 5.41) is 10.7. The van der Waals surface area contributed by atoms with Crippen molar-refractivity contribution in [3.8, 4) is 0 Å². The first kappa shape index (κ1) is 21.6. The highest BCUT2D eigenvalue weighted by atomic mass is 16.6. The molecular formula is C25H34O4. The molecule has 3 rings (SSSR count). The van der Waals surface area contributed by atoms with E-state index < -0.39 is 12.1 Å². The van der Waals surface area contributed by atoms with E-state index in [4.69, 9.17) is 4.74 Å². The van der Waals surface area contributed by atoms with Gasteiger partial charge in [0.15, 0.2) is 6.10 Å². The number of hydrogen-bond acceptors (Lipinski definition) is 4. The SMILES string of the molecule is C[C@H](Cc1ccc(C(C)(C)C)cc1)C(O)=C1C(=O)O[C@@H](CC2CCCCC2)C1=O. The number of Topliss-reactive ketones (excluding diaryl/α,β-unsaturated/α-hetero) is 1. The summed E-state index contributed by atoms with van der Waals surface area (Å²) in [6.45, 7) is 8.35. The molecule has 29 heavy (non-hydrogen) atoms. The molecular weight excluding hydrogens is 364 g/mol. The van der Waals surface area contributed by atoms with Gasteiger partial charge < -0.3 is 9.84 Å². The summed E-state index contributed by atoms with van der Waals surface area (Å²) >= 11 is 0. The Morgan fingerprint density at radius 2 is 1.72 bits per heavy atom. The minimum absolute atomic E-state index is 0.0850. The van der Waals surface area contributed by atoms with Crippen LogP contribution in [-0.2, 0) is 26.2 Å². The number of carbonyl (C=O) groups is 2. The van der Waals surface area contributed by atoms with Crippen molar-refractivity contribution in [2.24, 2.45) is 11.8 Å². The molecule has 0 spiro atoms. The predicted octanol–water partition coefficient (Wildman–Crippen LogP) is 5.44. The van der Waals surface area contributed by atoms with E-state index in [0.29, 0.717) is 18.8 Å². The van der Waals surface area contributed by atoms with Crippen LogP contribution in [0.3, 0.4) is 0 Å². The Morgan fingerprint density at radius 1 is 1.10 bits per heavy atom. The summed E-state index contributed by atoms with van der Waals surface area (Å²) in [6.07, 6.45) is 6.21. The van der Waals surface area contributed by atoms with Crippen LogP contribution < -0.4 is 0 Å². The summed E-state index contributed by atoms with van der Waals surface area (Å²) in [6, 6.07) is 8.30. The predicted molar refractivity (Wildman–Crippen MR) is 114 cm³/mol. The Labute approximate surface area is 174 Å². The van der Waals surface area contributed by atoms with Crippen molar-refractivity contribution < 1.29 is 19.4 Å². The Kier molecular flexibility index (Phi) is 6.50. The Bertz CT molecular complexity index is 776. The van der Waals surface area contributed by atoms with Gasteiger partial charge in [0.2, 0.25) is 5.78 Å². The Morgan fingerprint density at radius 3 is 2.31 bits per heavy atom. The van der Waals surface area contributed by atoms with Gasteiger partial charge in [-0.1, -0.05) is 84.1 Å². The van der Waals surface area contributed by atoms with Crippen molar-refractivity contribution in [1.29, 1.82) is 0 Å². The fraction of sp³-hybridized carbons (Fsp3) is 0.600. The number of aliphatic hydroxyl groups is 1. The fourth-order valence-corrected chi connectivity index (χ4v) is 4.45. The van der Waals surface area contributed by atoms with Crippen molar-refractivity contribution in [1.82, 2.24) is 0 Å². The second-order valence-electron chi connectivity index (χ2n) is 9.81. The van der Waals surface area contributed by atoms with E-state index in [1.54, 1.807) is 0 Å². The molecule has 1 aromatic carbocycles. The minimum atomic E-state index is -0.721. The first-order chi connectivity index (χ1) is 13.7. The van der Waals surface area contributed by atoms with Gasteiger partial charge in [-0.3, -0.25) is 4.79 Å². The van der Waals surface area contributed by atoms with Gasteiger partial charge in [0.1, 0.15) is 11.3 Å². The van der Waals surface area contributed by atoms with E-state index >= 15 is 0 Å². The lowest BCUT2D eigenvalue weighted by Crippen LogP contribution is -2.22. The third kappa shape index (κ3) is 5.09. The zero-order valence-electron chi connectivity index (χ0n) is 18.2. The average molecular weight is 399 g/mol. The number of ether oxygens (including phenoxy) is 1. The van der Waals surface area contributed by atoms with Crippen LogP contribution in [0.25, 0.3) is 0 Å². The standard InChI is InChI=1S/C25H34O4/c1-16(14-18-10-12-19(13-11-18)25(2,3)4)22(26)21-23(27)20(29-24(21)28)15-17-8-6-5-7-9-17/h10-13,16-17,20,26H,5-9,14-15H2,1-4H3/t16-,20+/m1/s1. The highest BCUT2D eigenvalue weighted by Gasteiger charge is 2.42. The van der Waals surface area contributed by atoms with Gasteiger partial charge in [0.25, 0.3) is 0 Å². The molecule has 1 aliphatic carbocycles. The van der Waals surface area contributed by atoms with Gasteiger partial charge in [-0.15, -0.1) is 0 Å². The molecule has 1 saturated carbocycles. The lowest BCUT2D eigenvalue weighted by molar-refractivity contribution is -0.141. The molecule has 1 saturated heterocycles. The van der Waals surface area contributed by atoms with Crippen LogP contribution in [-0.4, -0.2) is 23.0 Å². The molecule has 0 unspecified atom stereocenters. The summed E-state index contributed by atoms with van der Waals surface area (Å²) < 4.78 is 5.36. The molecule has 0 aromatic heterocycles. The van der Waals surface area contributed by atoms with Gasteiger partial charge in [-0.25, -0.2) is 4.79 Å². The molecule has 1 N–H and O–H groups in total. The summed E-state index contributed by atoms with van der Waals surface area (Å²) in [7, 11) is 0. The number of benzene rings is 1. The maximum atomic E-state index is 12.8. The van der Waals surface area contributed by atoms with Crippen LogP contribution in [0.5, 0.6) is 0 Å². The molecule has 4 heteroatoms. The molecule has 1 heterocycles. The number of aliphatic hydroxyl groups excluding tert-OH is 1. The van der Waals surface area contributed by atoms with E-state index in [2.05, 4.69) is 45.0 Å². The average Bonchev–Trinajstić information content (AvgIpc) is 2.95. The van der Waals surface area contributed by atoms with E-state index in [-0.39, 0.29) is 28.4 Å². The number of hydrogen-bond donors (Lipinski definition) is 1. The zero-order valence-corrected chi connectivity index (χ0v) is 18.2. The van der Waals surface area contributed by atoms with Crippen molar-refractivity contribution in [2.45, 2.75) is 84.2 Å². The monoisotopic (exact) mass is 398 g/mol. The molecule has 158 valence electrons. The number of esters is 1. The summed E-state index contributed by atoms with van der Waals surface area (Å²) in [5.74, 6) is -1.02. The highest BCUT2D eigenvalue weighted by molar-refractivity contribution is 6.23. The van der Waals surface area contributed by atoms with Crippen LogP contribution in [0.15, 0.2) is 35.6 Å². The Hall–Kier alpha value is -2.10. The van der Waals surface area contributed by atoms with Gasteiger partial charge in [-0.05, 0) is 35.3 Å². The molecule has 4 nitrogen and oxygen atoms in total. The molecule has 1 aromatic rings. The fourth-order valence-electron chi connectivity index (χ4n) is 4.45. The van der Waals surface area contributed by atoms with E-state index in [1.165, 1.54) is 24.8 Å². The molecule has 0 bridgehead atoms. The smallest absolute Gasteiger partial charge is 0.346 e. The second-order valence-corrected chi connectivity index (χ2v) is 9.81. The molecule has 1 aliphatic heterocycles. The topological polar surface area (TPSA) is 63.6 Å². The van der Waals surface area contributed by atoms with Crippen LogP contribution >= 0.6 is 0 Å². The summed E-state index contributed by atoms with van der Waals surface area (Å²) in [5.41, 5.74) is 2.26. The van der Waals surface area contributed by atoms with Crippen LogP contribution in [0.1, 0.15) is 77.3 Å². The largest absolute Gasteiger partial charge is 0.511 e. The van der Waals surface area contributed by atoms with E-state index in [1.807, 2.05) is 6.92 Å². The van der Waals surface area contributed by atoms with Crippen LogP contribution in [0.4, 0.5) is 0 Å². The number of rotatable bonds is 5. The zero-order chi connectivity index (χ0) is 21.2. The number of ketones is 1. The maximum Gasteiger partial charge on any atom is 0.346 e. The number of allylic oxidation sites excluding steroid dienone is 1. The first-order valence-electron chi connectivity index (χ1n) is 10.9. The normalized spacial score (nSPS) is 23.8. The van der Waals surface area contributed by atoms with Gasteiger partial charge in [0, 0.05) is 5.92 Å². The molecule has 0 amide bonds. The third-order valence-corrected chi connectivity index (χ3v) is 6.35. The van der Waals surface area contributed by atoms with Crippen molar-refractivity contribution in [3.05, 3.63) is 46.7 Å². The maximum absolute atomic E-state index is 12.8. The Balaban J connectivity index is 1.68. The summed E-state index contributed by atoms with van der Waals surface area (Å²) in [4.78, 5) is 25.1. The van der Waals surface area contributed by atoms with Crippen molar-refractivity contribution in [3.63, 3.8) is 0 Å². The quantitative estimate of drug-likeness (QED) is 0.310. The molecule has 2 atom stereocenters.